The number of carbonyl (C=O) groups excluding carboxylic acids is 1. The van der Waals surface area contributed by atoms with E-state index in [2.05, 4.69) is 4.98 Å². The van der Waals surface area contributed by atoms with E-state index < -0.39 is 16.5 Å². The lowest BCUT2D eigenvalue weighted by molar-refractivity contribution is -0.383. The first-order chi connectivity index (χ1) is 13.3. The number of aliphatic hydroxyl groups excluding tert-OH is 1. The molecule has 1 amide bonds. The molecule has 0 spiro atoms. The predicted molar refractivity (Wildman–Crippen MR) is 103 cm³/mol. The summed E-state index contributed by atoms with van der Waals surface area (Å²) in [5.74, 6) is -0.374. The molecule has 148 valence electrons. The Morgan fingerprint density at radius 3 is 2.86 bits per heavy atom. The summed E-state index contributed by atoms with van der Waals surface area (Å²) in [6, 6.07) is 3.26. The van der Waals surface area contributed by atoms with E-state index in [9.17, 15) is 20.0 Å². The molecule has 3 rings (SSSR count). The van der Waals surface area contributed by atoms with Crippen molar-refractivity contribution in [3.05, 3.63) is 39.6 Å². The molecule has 1 aromatic heterocycles. The Kier molecular flexibility index (Phi) is 5.32. The maximum Gasteiger partial charge on any atom is 0.300 e. The van der Waals surface area contributed by atoms with Gasteiger partial charge in [-0.1, -0.05) is 0 Å². The third kappa shape index (κ3) is 3.41. The van der Waals surface area contributed by atoms with E-state index in [1.807, 2.05) is 0 Å². The Labute approximate surface area is 160 Å². The molecule has 28 heavy (non-hydrogen) atoms. The highest BCUT2D eigenvalue weighted by molar-refractivity contribution is 6.08. The number of nitro benzene ring substituents is 1. The van der Waals surface area contributed by atoms with Crippen molar-refractivity contribution in [2.24, 2.45) is 5.73 Å². The van der Waals surface area contributed by atoms with Crippen molar-refractivity contribution in [1.29, 1.82) is 0 Å². The first-order valence-corrected chi connectivity index (χ1v) is 8.70. The van der Waals surface area contributed by atoms with Crippen molar-refractivity contribution in [3.63, 3.8) is 0 Å². The number of pyridine rings is 1. The van der Waals surface area contributed by atoms with Crippen LogP contribution in [0.25, 0.3) is 11.1 Å². The minimum atomic E-state index is -0.885. The highest BCUT2D eigenvalue weighted by Gasteiger charge is 2.29. The Balaban J connectivity index is 2.27. The quantitative estimate of drug-likeness (QED) is 0.377. The molecule has 10 nitrogen and oxygen atoms in total. The van der Waals surface area contributed by atoms with Gasteiger partial charge >= 0.3 is 5.69 Å². The lowest BCUT2D eigenvalue weighted by Crippen LogP contribution is -2.26. The minimum absolute atomic E-state index is 0.152. The van der Waals surface area contributed by atoms with E-state index in [0.717, 1.165) is 18.4 Å². The van der Waals surface area contributed by atoms with Gasteiger partial charge in [0.15, 0.2) is 0 Å². The van der Waals surface area contributed by atoms with Crippen molar-refractivity contribution < 1.29 is 19.6 Å². The molecule has 0 fully saturated rings. The van der Waals surface area contributed by atoms with Gasteiger partial charge in [-0.25, -0.2) is 4.98 Å². The van der Waals surface area contributed by atoms with Gasteiger partial charge < -0.3 is 26.2 Å². The molecule has 0 unspecified atom stereocenters. The lowest BCUT2D eigenvalue weighted by atomic mass is 9.96. The fourth-order valence-electron chi connectivity index (χ4n) is 3.31. The average Bonchev–Trinajstić information content (AvgIpc) is 2.66. The summed E-state index contributed by atoms with van der Waals surface area (Å²) in [7, 11) is 1.63. The van der Waals surface area contributed by atoms with E-state index in [1.54, 1.807) is 18.0 Å². The van der Waals surface area contributed by atoms with Gasteiger partial charge in [0.25, 0.3) is 5.91 Å². The Morgan fingerprint density at radius 1 is 1.46 bits per heavy atom. The number of nitrogens with two attached hydrogens (primary N) is 2. The van der Waals surface area contributed by atoms with Gasteiger partial charge in [-0.05, 0) is 25.0 Å². The van der Waals surface area contributed by atoms with Crippen LogP contribution in [-0.2, 0) is 6.42 Å². The first-order valence-electron chi connectivity index (χ1n) is 8.70. The number of carbonyl (C=O) groups is 1. The number of nitrogens with zero attached hydrogens (tertiary/aromatic N) is 3. The number of aromatic nitrogens is 1. The number of ether oxygens (including phenoxy) is 1. The summed E-state index contributed by atoms with van der Waals surface area (Å²) in [4.78, 5) is 28.9. The van der Waals surface area contributed by atoms with Crippen LogP contribution < -0.4 is 21.1 Å². The number of anilines is 2. The molecule has 0 saturated carbocycles. The zero-order valence-electron chi connectivity index (χ0n) is 15.3. The monoisotopic (exact) mass is 387 g/mol. The molecule has 2 heterocycles. The van der Waals surface area contributed by atoms with Gasteiger partial charge in [0.05, 0.1) is 35.0 Å². The number of amides is 1. The van der Waals surface area contributed by atoms with Crippen LogP contribution in [0.3, 0.4) is 0 Å². The second kappa shape index (κ2) is 7.69. The van der Waals surface area contributed by atoms with E-state index in [1.165, 1.54) is 12.3 Å². The molecule has 0 saturated heterocycles. The highest BCUT2D eigenvalue weighted by atomic mass is 16.6. The van der Waals surface area contributed by atoms with Gasteiger partial charge in [-0.3, -0.25) is 14.9 Å². The summed E-state index contributed by atoms with van der Waals surface area (Å²) >= 11 is 0. The molecular formula is C18H21N5O5. The third-order valence-electron chi connectivity index (χ3n) is 4.66. The summed E-state index contributed by atoms with van der Waals surface area (Å²) in [6.07, 6.45) is 3.05. The fraction of sp³-hybridized carbons (Fsp3) is 0.333. The standard InChI is InChI=1S/C18H21N5O5/c1-22(4-5-24)13-8-12(16(23(26)27)15(19)14(13)17(20)25)11-7-10-3-2-6-28-18(10)21-9-11/h7-9,24H,2-6,19H2,1H3,(H2,20,25). The zero-order chi connectivity index (χ0) is 20.4. The lowest BCUT2D eigenvalue weighted by Gasteiger charge is -2.23. The van der Waals surface area contributed by atoms with Crippen LogP contribution in [0.2, 0.25) is 0 Å². The van der Waals surface area contributed by atoms with E-state index in [-0.39, 0.29) is 30.0 Å². The van der Waals surface area contributed by atoms with Crippen LogP contribution in [0.15, 0.2) is 18.3 Å². The second-order valence-corrected chi connectivity index (χ2v) is 6.49. The van der Waals surface area contributed by atoms with Crippen LogP contribution in [0.5, 0.6) is 5.88 Å². The van der Waals surface area contributed by atoms with E-state index >= 15 is 0 Å². The van der Waals surface area contributed by atoms with E-state index in [4.69, 9.17) is 16.2 Å². The molecule has 5 N–H and O–H groups in total. The zero-order valence-corrected chi connectivity index (χ0v) is 15.3. The minimum Gasteiger partial charge on any atom is -0.477 e. The van der Waals surface area contributed by atoms with Crippen LogP contribution in [0.4, 0.5) is 17.1 Å². The molecule has 0 bridgehead atoms. The number of nitrogen functional groups attached to an aromatic ring is 1. The molecule has 0 aliphatic carbocycles. The van der Waals surface area contributed by atoms with Crippen molar-refractivity contribution in [3.8, 4) is 17.0 Å². The smallest absolute Gasteiger partial charge is 0.300 e. The van der Waals surface area contributed by atoms with Crippen LogP contribution >= 0.6 is 0 Å². The third-order valence-corrected chi connectivity index (χ3v) is 4.66. The Hall–Kier alpha value is -3.40. The van der Waals surface area contributed by atoms with Gasteiger partial charge in [-0.2, -0.15) is 0 Å². The molecule has 1 aliphatic rings. The van der Waals surface area contributed by atoms with Crippen molar-refractivity contribution in [1.82, 2.24) is 4.98 Å². The normalized spacial score (nSPS) is 12.8. The molecule has 1 aromatic carbocycles. The molecular weight excluding hydrogens is 366 g/mol. The number of hydrogen-bond acceptors (Lipinski definition) is 8. The summed E-state index contributed by atoms with van der Waals surface area (Å²) in [5, 5.41) is 21.0. The molecule has 1 aliphatic heterocycles. The largest absolute Gasteiger partial charge is 0.477 e. The number of primary amides is 1. The van der Waals surface area contributed by atoms with Gasteiger partial charge in [-0.15, -0.1) is 0 Å². The van der Waals surface area contributed by atoms with Gasteiger partial charge in [0.1, 0.15) is 5.69 Å². The summed E-state index contributed by atoms with van der Waals surface area (Å²) < 4.78 is 5.49. The fourth-order valence-corrected chi connectivity index (χ4v) is 3.31. The predicted octanol–water partition coefficient (Wildman–Crippen LogP) is 1.09. The van der Waals surface area contributed by atoms with Crippen LogP contribution in [0.1, 0.15) is 22.3 Å². The number of benzene rings is 1. The SMILES string of the molecule is CN(CCO)c1cc(-c2cnc3c(c2)CCCO3)c([N+](=O)[O-])c(N)c1C(N)=O. The topological polar surface area (TPSA) is 158 Å². The molecule has 2 aromatic rings. The van der Waals surface area contributed by atoms with Crippen LogP contribution in [-0.4, -0.2) is 47.7 Å². The number of aliphatic hydroxyl groups is 1. The molecule has 0 radical (unpaired) electrons. The Morgan fingerprint density at radius 2 is 2.21 bits per heavy atom. The number of hydrogen-bond donors (Lipinski definition) is 3. The van der Waals surface area contributed by atoms with Gasteiger partial charge in [0, 0.05) is 30.9 Å². The summed E-state index contributed by atoms with van der Waals surface area (Å²) in [5.41, 5.74) is 12.4. The molecule has 0 atom stereocenters. The Bertz CT molecular complexity index is 946. The van der Waals surface area contributed by atoms with Gasteiger partial charge in [0.2, 0.25) is 5.88 Å². The number of aryl methyl sites for hydroxylation is 1. The molecule has 10 heteroatoms. The van der Waals surface area contributed by atoms with Crippen molar-refractivity contribution in [2.75, 3.05) is 37.4 Å². The first kappa shape index (κ1) is 19.4. The maximum absolute atomic E-state index is 12.0. The number of nitro groups is 1. The number of likely N-dealkylation sites (N-methyl/N-ethyl adjacent to an activating group) is 1. The van der Waals surface area contributed by atoms with E-state index in [0.29, 0.717) is 23.7 Å². The summed E-state index contributed by atoms with van der Waals surface area (Å²) in [6.45, 7) is 0.585. The highest BCUT2D eigenvalue weighted by Crippen LogP contribution is 2.42. The number of rotatable bonds is 6. The second-order valence-electron chi connectivity index (χ2n) is 6.49. The maximum atomic E-state index is 12.0. The van der Waals surface area contributed by atoms with Crippen molar-refractivity contribution >= 4 is 23.0 Å². The number of fused-ring (bicyclic) bond motifs is 1. The van der Waals surface area contributed by atoms with Crippen LogP contribution in [0, 0.1) is 10.1 Å². The van der Waals surface area contributed by atoms with Crippen molar-refractivity contribution in [2.45, 2.75) is 12.8 Å². The average molecular weight is 387 g/mol.